The first kappa shape index (κ1) is 11.0. The van der Waals surface area contributed by atoms with Crippen LogP contribution >= 0.6 is 0 Å². The molecule has 0 fully saturated rings. The van der Waals surface area contributed by atoms with Gasteiger partial charge in [-0.1, -0.05) is 18.2 Å². The topological polar surface area (TPSA) is 75.6 Å². The van der Waals surface area contributed by atoms with Crippen LogP contribution in [0.4, 0.5) is 10.2 Å². The molecule has 0 spiro atoms. The molecule has 2 aromatic rings. The second-order valence-corrected chi connectivity index (χ2v) is 3.47. The summed E-state index contributed by atoms with van der Waals surface area (Å²) >= 11 is 0. The zero-order chi connectivity index (χ0) is 12.3. The van der Waals surface area contributed by atoms with E-state index in [1.807, 2.05) is 6.07 Å². The van der Waals surface area contributed by atoms with Gasteiger partial charge in [0.25, 0.3) is 0 Å². The lowest BCUT2D eigenvalue weighted by molar-refractivity contribution is 0.613. The van der Waals surface area contributed by atoms with Gasteiger partial charge in [0.2, 0.25) is 0 Å². The van der Waals surface area contributed by atoms with E-state index >= 15 is 0 Å². The Labute approximate surface area is 97.6 Å². The molecule has 1 aromatic heterocycles. The number of hydrogen-bond donors (Lipinski definition) is 1. The van der Waals surface area contributed by atoms with Crippen molar-refractivity contribution in [2.45, 2.75) is 6.42 Å². The number of rotatable bonds is 2. The highest BCUT2D eigenvalue weighted by Gasteiger charge is 2.08. The fourth-order valence-electron chi connectivity index (χ4n) is 1.44. The van der Waals surface area contributed by atoms with E-state index in [4.69, 9.17) is 11.0 Å². The molecule has 0 saturated carbocycles. The van der Waals surface area contributed by atoms with Crippen LogP contribution in [0.1, 0.15) is 17.0 Å². The second-order valence-electron chi connectivity index (χ2n) is 3.47. The lowest BCUT2D eigenvalue weighted by Crippen LogP contribution is -2.04. The molecule has 5 heteroatoms. The molecule has 84 valence electrons. The van der Waals surface area contributed by atoms with Gasteiger partial charge in [0.15, 0.2) is 5.69 Å². The van der Waals surface area contributed by atoms with Crippen molar-refractivity contribution in [3.05, 3.63) is 53.2 Å². The first-order valence-corrected chi connectivity index (χ1v) is 4.95. The van der Waals surface area contributed by atoms with Crippen LogP contribution in [0, 0.1) is 17.1 Å². The minimum absolute atomic E-state index is 0.172. The van der Waals surface area contributed by atoms with Gasteiger partial charge in [0.05, 0.1) is 11.9 Å². The minimum atomic E-state index is -0.323. The quantitative estimate of drug-likeness (QED) is 0.848. The summed E-state index contributed by atoms with van der Waals surface area (Å²) < 4.78 is 13.4. The van der Waals surface area contributed by atoms with Crippen LogP contribution in [0.25, 0.3) is 0 Å². The molecule has 17 heavy (non-hydrogen) atoms. The molecule has 0 saturated heterocycles. The number of anilines is 1. The van der Waals surface area contributed by atoms with E-state index in [-0.39, 0.29) is 23.7 Å². The Kier molecular flexibility index (Phi) is 2.97. The Balaban J connectivity index is 2.37. The first-order chi connectivity index (χ1) is 8.20. The number of aromatic nitrogens is 2. The molecular formula is C12H9FN4. The van der Waals surface area contributed by atoms with E-state index in [1.54, 1.807) is 18.2 Å². The largest absolute Gasteiger partial charge is 0.382 e. The Morgan fingerprint density at radius 2 is 2.12 bits per heavy atom. The molecule has 0 radical (unpaired) electrons. The summed E-state index contributed by atoms with van der Waals surface area (Å²) in [5, 5.41) is 8.71. The summed E-state index contributed by atoms with van der Waals surface area (Å²) in [5.41, 5.74) is 6.70. The highest BCUT2D eigenvalue weighted by atomic mass is 19.1. The summed E-state index contributed by atoms with van der Waals surface area (Å²) in [7, 11) is 0. The number of nitrogen functional groups attached to an aromatic ring is 1. The third kappa shape index (κ3) is 2.37. The van der Waals surface area contributed by atoms with Gasteiger partial charge in [0, 0.05) is 6.42 Å². The van der Waals surface area contributed by atoms with Crippen molar-refractivity contribution >= 4 is 5.82 Å². The minimum Gasteiger partial charge on any atom is -0.382 e. The molecule has 4 nitrogen and oxygen atoms in total. The number of hydrogen-bond acceptors (Lipinski definition) is 4. The highest BCUT2D eigenvalue weighted by molar-refractivity contribution is 5.39. The van der Waals surface area contributed by atoms with Crippen molar-refractivity contribution in [3.63, 3.8) is 0 Å². The molecule has 1 aromatic carbocycles. The molecule has 0 aliphatic rings. The van der Waals surface area contributed by atoms with Gasteiger partial charge in [0.1, 0.15) is 17.7 Å². The molecule has 0 aliphatic heterocycles. The van der Waals surface area contributed by atoms with Gasteiger partial charge in [-0.2, -0.15) is 5.26 Å². The van der Waals surface area contributed by atoms with Gasteiger partial charge in [-0.3, -0.25) is 0 Å². The first-order valence-electron chi connectivity index (χ1n) is 4.95. The second kappa shape index (κ2) is 4.58. The Morgan fingerprint density at radius 3 is 2.82 bits per heavy atom. The van der Waals surface area contributed by atoms with Crippen LogP contribution in [-0.2, 0) is 6.42 Å². The van der Waals surface area contributed by atoms with Crippen molar-refractivity contribution in [2.75, 3.05) is 5.73 Å². The Morgan fingerprint density at radius 1 is 1.35 bits per heavy atom. The third-order valence-electron chi connectivity index (χ3n) is 2.31. The van der Waals surface area contributed by atoms with Crippen LogP contribution in [0.2, 0.25) is 0 Å². The summed E-state index contributed by atoms with van der Waals surface area (Å²) in [6.45, 7) is 0. The number of nitriles is 1. The maximum Gasteiger partial charge on any atom is 0.159 e. The van der Waals surface area contributed by atoms with E-state index in [0.717, 1.165) is 0 Å². The van der Waals surface area contributed by atoms with E-state index < -0.39 is 0 Å². The Bertz CT molecular complexity index is 589. The molecule has 2 rings (SSSR count). The van der Waals surface area contributed by atoms with Crippen molar-refractivity contribution in [1.29, 1.82) is 5.26 Å². The molecule has 0 amide bonds. The maximum atomic E-state index is 13.4. The van der Waals surface area contributed by atoms with Crippen molar-refractivity contribution in [2.24, 2.45) is 0 Å². The summed E-state index contributed by atoms with van der Waals surface area (Å²) in [4.78, 5) is 7.86. The van der Waals surface area contributed by atoms with Crippen LogP contribution in [0.15, 0.2) is 30.5 Å². The van der Waals surface area contributed by atoms with Crippen molar-refractivity contribution in [3.8, 4) is 6.07 Å². The van der Waals surface area contributed by atoms with Gasteiger partial charge >= 0.3 is 0 Å². The monoisotopic (exact) mass is 228 g/mol. The zero-order valence-electron chi connectivity index (χ0n) is 8.89. The molecule has 1 heterocycles. The molecule has 0 bridgehead atoms. The fraction of sp³-hybridized carbons (Fsp3) is 0.0833. The molecule has 0 aliphatic carbocycles. The molecule has 0 unspecified atom stereocenters. The fourth-order valence-corrected chi connectivity index (χ4v) is 1.44. The highest BCUT2D eigenvalue weighted by Crippen LogP contribution is 2.15. The number of nitrogens with zero attached hydrogens (tertiary/aromatic N) is 3. The summed E-state index contributed by atoms with van der Waals surface area (Å²) in [6.07, 6.45) is 1.52. The molecule has 2 N–H and O–H groups in total. The summed E-state index contributed by atoms with van der Waals surface area (Å²) in [6, 6.07) is 8.23. The number of halogens is 1. The van der Waals surface area contributed by atoms with Gasteiger partial charge in [-0.25, -0.2) is 14.4 Å². The van der Waals surface area contributed by atoms with Gasteiger partial charge in [-0.15, -0.1) is 0 Å². The van der Waals surface area contributed by atoms with Crippen molar-refractivity contribution < 1.29 is 4.39 Å². The third-order valence-corrected chi connectivity index (χ3v) is 2.31. The zero-order valence-corrected chi connectivity index (χ0v) is 8.89. The van der Waals surface area contributed by atoms with Crippen molar-refractivity contribution in [1.82, 2.24) is 9.97 Å². The van der Waals surface area contributed by atoms with Crippen LogP contribution in [0.3, 0.4) is 0 Å². The van der Waals surface area contributed by atoms with Crippen LogP contribution in [-0.4, -0.2) is 9.97 Å². The summed E-state index contributed by atoms with van der Waals surface area (Å²) in [5.74, 6) is -0.108. The smallest absolute Gasteiger partial charge is 0.159 e. The van der Waals surface area contributed by atoms with E-state index in [1.165, 1.54) is 12.3 Å². The predicted molar refractivity (Wildman–Crippen MR) is 60.4 cm³/mol. The standard InChI is InChI=1S/C12H9FN4/c13-10-4-2-1-3-8(10)5-11-12(15)16-7-9(6-14)17-11/h1-4,7H,5H2,(H2,15,16). The van der Waals surface area contributed by atoms with Crippen LogP contribution in [0.5, 0.6) is 0 Å². The Hall–Kier alpha value is -2.48. The van der Waals surface area contributed by atoms with Crippen LogP contribution < -0.4 is 5.73 Å². The van der Waals surface area contributed by atoms with Gasteiger partial charge in [-0.05, 0) is 11.6 Å². The number of benzene rings is 1. The predicted octanol–water partition coefficient (Wildman–Crippen LogP) is 1.66. The average molecular weight is 228 g/mol. The van der Waals surface area contributed by atoms with E-state index in [2.05, 4.69) is 9.97 Å². The SMILES string of the molecule is N#Cc1cnc(N)c(Cc2ccccc2F)n1. The lowest BCUT2D eigenvalue weighted by atomic mass is 10.1. The maximum absolute atomic E-state index is 13.4. The lowest BCUT2D eigenvalue weighted by Gasteiger charge is -2.05. The average Bonchev–Trinajstić information content (AvgIpc) is 2.35. The van der Waals surface area contributed by atoms with E-state index in [0.29, 0.717) is 11.3 Å². The molecule has 0 atom stereocenters. The number of nitrogens with two attached hydrogens (primary N) is 1. The van der Waals surface area contributed by atoms with Gasteiger partial charge < -0.3 is 5.73 Å². The molecular weight excluding hydrogens is 219 g/mol. The van der Waals surface area contributed by atoms with E-state index in [9.17, 15) is 4.39 Å². The normalized spacial score (nSPS) is 9.88.